The first kappa shape index (κ1) is 14.1. The summed E-state index contributed by atoms with van der Waals surface area (Å²) in [6, 6.07) is 4.97. The van der Waals surface area contributed by atoms with E-state index in [-0.39, 0.29) is 5.91 Å². The van der Waals surface area contributed by atoms with Gasteiger partial charge in [0.05, 0.1) is 12.8 Å². The number of anilines is 1. The molecular formula is C14H16N6O2. The highest BCUT2D eigenvalue weighted by Crippen LogP contribution is 2.11. The van der Waals surface area contributed by atoms with Crippen LogP contribution in [-0.2, 0) is 11.3 Å². The highest BCUT2D eigenvalue weighted by atomic mass is 16.3. The van der Waals surface area contributed by atoms with Crippen LogP contribution < -0.4 is 10.6 Å². The van der Waals surface area contributed by atoms with Gasteiger partial charge in [-0.2, -0.15) is 14.6 Å². The molecule has 0 aliphatic carbocycles. The fourth-order valence-corrected chi connectivity index (χ4v) is 2.06. The summed E-state index contributed by atoms with van der Waals surface area (Å²) in [6.45, 7) is 3.99. The molecule has 3 heterocycles. The summed E-state index contributed by atoms with van der Waals surface area (Å²) in [5.41, 5.74) is 0.797. The van der Waals surface area contributed by atoms with Crippen LogP contribution in [0.5, 0.6) is 0 Å². The van der Waals surface area contributed by atoms with Crippen molar-refractivity contribution >= 4 is 17.5 Å². The maximum Gasteiger partial charge on any atom is 0.254 e. The second-order valence-corrected chi connectivity index (χ2v) is 4.92. The molecule has 0 aromatic carbocycles. The normalized spacial score (nSPS) is 12.3. The van der Waals surface area contributed by atoms with Gasteiger partial charge in [-0.25, -0.2) is 4.98 Å². The van der Waals surface area contributed by atoms with Gasteiger partial charge < -0.3 is 15.1 Å². The Morgan fingerprint density at radius 2 is 2.36 bits per heavy atom. The van der Waals surface area contributed by atoms with E-state index in [2.05, 4.69) is 25.7 Å². The summed E-state index contributed by atoms with van der Waals surface area (Å²) in [5.74, 6) is 1.73. The van der Waals surface area contributed by atoms with Gasteiger partial charge in [-0.15, -0.1) is 0 Å². The number of hydrogen-bond acceptors (Lipinski definition) is 6. The van der Waals surface area contributed by atoms with Crippen LogP contribution in [-0.4, -0.2) is 31.5 Å². The van der Waals surface area contributed by atoms with Crippen LogP contribution in [0.3, 0.4) is 0 Å². The zero-order valence-electron chi connectivity index (χ0n) is 12.3. The van der Waals surface area contributed by atoms with Crippen molar-refractivity contribution < 1.29 is 9.21 Å². The minimum Gasteiger partial charge on any atom is -0.467 e. The fraction of sp³-hybridized carbons (Fsp3) is 0.286. The number of nitrogens with zero attached hydrogens (tertiary/aromatic N) is 4. The van der Waals surface area contributed by atoms with Gasteiger partial charge in [-0.3, -0.25) is 4.79 Å². The first-order valence-electron chi connectivity index (χ1n) is 6.87. The lowest BCUT2D eigenvalue weighted by Gasteiger charge is -2.15. The van der Waals surface area contributed by atoms with E-state index in [9.17, 15) is 4.79 Å². The lowest BCUT2D eigenvalue weighted by atomic mass is 10.3. The molecule has 1 unspecified atom stereocenters. The van der Waals surface area contributed by atoms with Gasteiger partial charge in [0.25, 0.3) is 5.78 Å². The number of amides is 1. The average molecular weight is 300 g/mol. The van der Waals surface area contributed by atoms with Gasteiger partial charge >= 0.3 is 0 Å². The lowest BCUT2D eigenvalue weighted by molar-refractivity contribution is -0.121. The molecule has 0 radical (unpaired) electrons. The second-order valence-electron chi connectivity index (χ2n) is 4.92. The highest BCUT2D eigenvalue weighted by Gasteiger charge is 2.15. The maximum atomic E-state index is 12.1. The SMILES string of the molecule is Cc1cc(NC(C)C(=O)NCc2ccco2)n2ncnc2n1. The number of aromatic nitrogens is 4. The molecule has 114 valence electrons. The van der Waals surface area contributed by atoms with Crippen LogP contribution in [0.25, 0.3) is 5.78 Å². The number of rotatable bonds is 5. The van der Waals surface area contributed by atoms with Gasteiger partial charge in [-0.1, -0.05) is 0 Å². The zero-order valence-corrected chi connectivity index (χ0v) is 12.3. The molecular weight excluding hydrogens is 284 g/mol. The van der Waals surface area contributed by atoms with Crippen molar-refractivity contribution in [3.8, 4) is 0 Å². The smallest absolute Gasteiger partial charge is 0.254 e. The molecule has 0 bridgehead atoms. The molecule has 3 aromatic rings. The monoisotopic (exact) mass is 300 g/mol. The predicted octanol–water partition coefficient (Wildman–Crippen LogP) is 1.14. The Morgan fingerprint density at radius 1 is 1.50 bits per heavy atom. The van der Waals surface area contributed by atoms with E-state index in [0.29, 0.717) is 23.9 Å². The average Bonchev–Trinajstić information content (AvgIpc) is 3.15. The van der Waals surface area contributed by atoms with Crippen molar-refractivity contribution in [3.63, 3.8) is 0 Å². The predicted molar refractivity (Wildman–Crippen MR) is 79.2 cm³/mol. The Balaban J connectivity index is 1.68. The van der Waals surface area contributed by atoms with E-state index >= 15 is 0 Å². The van der Waals surface area contributed by atoms with Crippen LogP contribution in [0, 0.1) is 6.92 Å². The molecule has 8 nitrogen and oxygen atoms in total. The first-order chi connectivity index (χ1) is 10.6. The van der Waals surface area contributed by atoms with Crippen molar-refractivity contribution in [1.29, 1.82) is 0 Å². The summed E-state index contributed by atoms with van der Waals surface area (Å²) in [5, 5.41) is 10.0. The third kappa shape index (κ3) is 2.90. The van der Waals surface area contributed by atoms with Crippen LogP contribution >= 0.6 is 0 Å². The third-order valence-electron chi connectivity index (χ3n) is 3.15. The van der Waals surface area contributed by atoms with E-state index < -0.39 is 6.04 Å². The Hall–Kier alpha value is -2.90. The molecule has 2 N–H and O–H groups in total. The van der Waals surface area contributed by atoms with Crippen LogP contribution in [0.2, 0.25) is 0 Å². The number of nitrogens with one attached hydrogen (secondary N) is 2. The highest BCUT2D eigenvalue weighted by molar-refractivity contribution is 5.83. The summed E-state index contributed by atoms with van der Waals surface area (Å²) in [7, 11) is 0. The van der Waals surface area contributed by atoms with Gasteiger partial charge in [0, 0.05) is 11.8 Å². The van der Waals surface area contributed by atoms with Gasteiger partial charge in [0.1, 0.15) is 23.9 Å². The molecule has 0 aliphatic rings. The van der Waals surface area contributed by atoms with E-state index in [4.69, 9.17) is 4.42 Å². The Morgan fingerprint density at radius 3 is 3.14 bits per heavy atom. The molecule has 3 rings (SSSR count). The molecule has 0 saturated heterocycles. The number of hydrogen-bond donors (Lipinski definition) is 2. The standard InChI is InChI=1S/C14H16N6O2/c1-9-6-12(20-14(18-9)16-8-17-20)19-10(2)13(21)15-7-11-4-3-5-22-11/h3-6,8,10,19H,7H2,1-2H3,(H,15,21). The number of aryl methyl sites for hydroxylation is 1. The Kier molecular flexibility index (Phi) is 3.73. The lowest BCUT2D eigenvalue weighted by Crippen LogP contribution is -2.37. The summed E-state index contributed by atoms with van der Waals surface area (Å²) >= 11 is 0. The molecule has 8 heteroatoms. The summed E-state index contributed by atoms with van der Waals surface area (Å²) in [4.78, 5) is 20.4. The van der Waals surface area contributed by atoms with Crippen LogP contribution in [0.1, 0.15) is 18.4 Å². The summed E-state index contributed by atoms with van der Waals surface area (Å²) in [6.07, 6.45) is 3.00. The van der Waals surface area contributed by atoms with E-state index in [0.717, 1.165) is 5.69 Å². The van der Waals surface area contributed by atoms with Crippen molar-refractivity contribution in [3.05, 3.63) is 42.2 Å². The van der Waals surface area contributed by atoms with E-state index in [1.54, 1.807) is 23.8 Å². The first-order valence-corrected chi connectivity index (χ1v) is 6.87. The van der Waals surface area contributed by atoms with Crippen LogP contribution in [0.4, 0.5) is 5.82 Å². The molecule has 1 atom stereocenters. The molecule has 0 spiro atoms. The zero-order chi connectivity index (χ0) is 15.5. The van der Waals surface area contributed by atoms with Crippen LogP contribution in [0.15, 0.2) is 35.2 Å². The van der Waals surface area contributed by atoms with Gasteiger partial charge in [0.15, 0.2) is 0 Å². The minimum absolute atomic E-state index is 0.140. The van der Waals surface area contributed by atoms with Crippen molar-refractivity contribution in [2.24, 2.45) is 0 Å². The van der Waals surface area contributed by atoms with E-state index in [1.165, 1.54) is 6.33 Å². The maximum absolute atomic E-state index is 12.1. The number of carbonyl (C=O) groups is 1. The fourth-order valence-electron chi connectivity index (χ4n) is 2.06. The Labute approximate surface area is 126 Å². The molecule has 0 aliphatic heterocycles. The molecule has 1 amide bonds. The van der Waals surface area contributed by atoms with Crippen molar-refractivity contribution in [2.75, 3.05) is 5.32 Å². The molecule has 0 fully saturated rings. The second kappa shape index (κ2) is 5.84. The van der Waals surface area contributed by atoms with E-state index in [1.807, 2.05) is 19.1 Å². The molecule has 0 saturated carbocycles. The summed E-state index contributed by atoms with van der Waals surface area (Å²) < 4.78 is 6.74. The van der Waals surface area contributed by atoms with Gasteiger partial charge in [0.2, 0.25) is 5.91 Å². The number of furan rings is 1. The van der Waals surface area contributed by atoms with Crippen molar-refractivity contribution in [1.82, 2.24) is 24.9 Å². The number of carbonyl (C=O) groups excluding carboxylic acids is 1. The molecule has 22 heavy (non-hydrogen) atoms. The number of fused-ring (bicyclic) bond motifs is 1. The third-order valence-corrected chi connectivity index (χ3v) is 3.15. The minimum atomic E-state index is -0.441. The molecule has 3 aromatic heterocycles. The Bertz CT molecular complexity index is 780. The van der Waals surface area contributed by atoms with Gasteiger partial charge in [-0.05, 0) is 26.0 Å². The quantitative estimate of drug-likeness (QED) is 0.733. The van der Waals surface area contributed by atoms with Crippen molar-refractivity contribution in [2.45, 2.75) is 26.4 Å². The largest absolute Gasteiger partial charge is 0.467 e. The topological polar surface area (TPSA) is 97.4 Å².